The molecule has 4 N–H and O–H groups in total. The van der Waals surface area contributed by atoms with Crippen molar-refractivity contribution in [2.75, 3.05) is 11.9 Å². The molecule has 0 fully saturated rings. The highest BCUT2D eigenvalue weighted by Crippen LogP contribution is 2.10. The summed E-state index contributed by atoms with van der Waals surface area (Å²) in [6, 6.07) is 7.57. The Kier molecular flexibility index (Phi) is 5.06. The summed E-state index contributed by atoms with van der Waals surface area (Å²) in [5, 5.41) is 5.80. The van der Waals surface area contributed by atoms with Gasteiger partial charge in [0.2, 0.25) is 11.8 Å². The molecule has 19 heavy (non-hydrogen) atoms. The van der Waals surface area contributed by atoms with Gasteiger partial charge < -0.3 is 16.4 Å². The maximum Gasteiger partial charge on any atom is 0.238 e. The Morgan fingerprint density at radius 3 is 2.58 bits per heavy atom. The second-order valence-electron chi connectivity index (χ2n) is 5.30. The number of carbonyl (C=O) groups excluding carboxylic acids is 2. The lowest BCUT2D eigenvalue weighted by Gasteiger charge is -2.24. The number of amides is 2. The van der Waals surface area contributed by atoms with Crippen molar-refractivity contribution in [3.05, 3.63) is 29.8 Å². The summed E-state index contributed by atoms with van der Waals surface area (Å²) in [5.74, 6) is -0.542. The van der Waals surface area contributed by atoms with Gasteiger partial charge in [-0.15, -0.1) is 0 Å². The summed E-state index contributed by atoms with van der Waals surface area (Å²) < 4.78 is 0. The summed E-state index contributed by atoms with van der Waals surface area (Å²) in [7, 11) is 0. The smallest absolute Gasteiger partial charge is 0.238 e. The molecule has 0 saturated heterocycles. The second kappa shape index (κ2) is 6.33. The van der Waals surface area contributed by atoms with Gasteiger partial charge in [-0.05, 0) is 38.5 Å². The van der Waals surface area contributed by atoms with Crippen molar-refractivity contribution < 1.29 is 9.59 Å². The molecule has 0 aliphatic rings. The van der Waals surface area contributed by atoms with Gasteiger partial charge in [-0.1, -0.05) is 12.1 Å². The van der Waals surface area contributed by atoms with Crippen LogP contribution in [0.5, 0.6) is 0 Å². The fourth-order valence-corrected chi connectivity index (χ4v) is 1.75. The van der Waals surface area contributed by atoms with Gasteiger partial charge >= 0.3 is 0 Å². The van der Waals surface area contributed by atoms with Crippen LogP contribution >= 0.6 is 0 Å². The molecule has 0 radical (unpaired) electrons. The van der Waals surface area contributed by atoms with Crippen molar-refractivity contribution in [3.63, 3.8) is 0 Å². The molecule has 0 aliphatic heterocycles. The van der Waals surface area contributed by atoms with Gasteiger partial charge in [-0.2, -0.15) is 0 Å². The van der Waals surface area contributed by atoms with Crippen LogP contribution in [0.15, 0.2) is 24.3 Å². The molecular weight excluding hydrogens is 242 g/mol. The Hall–Kier alpha value is -1.88. The summed E-state index contributed by atoms with van der Waals surface area (Å²) in [6.07, 6.45) is 0.185. The number of benzene rings is 1. The van der Waals surface area contributed by atoms with E-state index in [4.69, 9.17) is 5.73 Å². The van der Waals surface area contributed by atoms with Gasteiger partial charge in [0.1, 0.15) is 0 Å². The first-order valence-electron chi connectivity index (χ1n) is 6.18. The Morgan fingerprint density at radius 1 is 1.32 bits per heavy atom. The van der Waals surface area contributed by atoms with Gasteiger partial charge in [-0.3, -0.25) is 9.59 Å². The van der Waals surface area contributed by atoms with E-state index in [9.17, 15) is 9.59 Å². The third-order valence-electron chi connectivity index (χ3n) is 2.65. The van der Waals surface area contributed by atoms with E-state index < -0.39 is 11.4 Å². The highest BCUT2D eigenvalue weighted by molar-refractivity contribution is 5.92. The third kappa shape index (κ3) is 6.01. The van der Waals surface area contributed by atoms with Crippen LogP contribution in [-0.2, 0) is 9.59 Å². The molecule has 0 heterocycles. The molecule has 1 rings (SSSR count). The van der Waals surface area contributed by atoms with Crippen molar-refractivity contribution in [1.29, 1.82) is 0 Å². The van der Waals surface area contributed by atoms with Crippen LogP contribution in [0.4, 0.5) is 5.69 Å². The molecule has 0 spiro atoms. The fraction of sp³-hybridized carbons (Fsp3) is 0.429. The van der Waals surface area contributed by atoms with Crippen molar-refractivity contribution in [3.8, 4) is 0 Å². The SMILES string of the molecule is Cc1cccc(NC(=O)CNC(C)(C)CC(N)=O)c1. The van der Waals surface area contributed by atoms with E-state index in [0.29, 0.717) is 0 Å². The van der Waals surface area contributed by atoms with Gasteiger partial charge in [0.15, 0.2) is 0 Å². The largest absolute Gasteiger partial charge is 0.370 e. The minimum Gasteiger partial charge on any atom is -0.370 e. The maximum absolute atomic E-state index is 11.8. The van der Waals surface area contributed by atoms with Crippen LogP contribution in [0.25, 0.3) is 0 Å². The minimum atomic E-state index is -0.490. The number of primary amides is 1. The Balaban J connectivity index is 2.46. The lowest BCUT2D eigenvalue weighted by atomic mass is 10.0. The number of anilines is 1. The molecule has 2 amide bonds. The van der Waals surface area contributed by atoms with Crippen LogP contribution in [0.3, 0.4) is 0 Å². The summed E-state index contributed by atoms with van der Waals surface area (Å²) in [4.78, 5) is 22.6. The van der Waals surface area contributed by atoms with Crippen LogP contribution in [0.1, 0.15) is 25.8 Å². The molecule has 0 bridgehead atoms. The van der Waals surface area contributed by atoms with E-state index in [1.807, 2.05) is 45.0 Å². The van der Waals surface area contributed by atoms with Crippen molar-refractivity contribution >= 4 is 17.5 Å². The average molecular weight is 263 g/mol. The van der Waals surface area contributed by atoms with Gasteiger partial charge in [0.25, 0.3) is 0 Å². The topological polar surface area (TPSA) is 84.2 Å². The maximum atomic E-state index is 11.8. The van der Waals surface area contributed by atoms with E-state index >= 15 is 0 Å². The molecule has 104 valence electrons. The molecule has 5 nitrogen and oxygen atoms in total. The zero-order valence-electron chi connectivity index (χ0n) is 11.6. The van der Waals surface area contributed by atoms with Crippen molar-refractivity contribution in [2.45, 2.75) is 32.7 Å². The standard InChI is InChI=1S/C14H21N3O2/c1-10-5-4-6-11(7-10)17-13(19)9-16-14(2,3)8-12(15)18/h4-7,16H,8-9H2,1-3H3,(H2,15,18)(H,17,19). The molecule has 1 aromatic rings. The van der Waals surface area contributed by atoms with Crippen molar-refractivity contribution in [2.24, 2.45) is 5.73 Å². The lowest BCUT2D eigenvalue weighted by Crippen LogP contribution is -2.46. The minimum absolute atomic E-state index is 0.133. The molecule has 0 unspecified atom stereocenters. The van der Waals surface area contributed by atoms with Gasteiger partial charge in [0.05, 0.1) is 6.54 Å². The average Bonchev–Trinajstić information content (AvgIpc) is 2.25. The Bertz CT molecular complexity index is 470. The van der Waals surface area contributed by atoms with E-state index in [2.05, 4.69) is 10.6 Å². The molecule has 0 atom stereocenters. The summed E-state index contributed by atoms with van der Waals surface area (Å²) in [6.45, 7) is 5.76. The molecule has 1 aromatic carbocycles. The van der Waals surface area contributed by atoms with Crippen LogP contribution < -0.4 is 16.4 Å². The van der Waals surface area contributed by atoms with E-state index in [-0.39, 0.29) is 18.9 Å². The highest BCUT2D eigenvalue weighted by atomic mass is 16.2. The lowest BCUT2D eigenvalue weighted by molar-refractivity contribution is -0.120. The van der Waals surface area contributed by atoms with Crippen LogP contribution in [-0.4, -0.2) is 23.9 Å². The van der Waals surface area contributed by atoms with E-state index in [1.165, 1.54) is 0 Å². The van der Waals surface area contributed by atoms with E-state index in [0.717, 1.165) is 11.3 Å². The number of hydrogen-bond donors (Lipinski definition) is 3. The summed E-state index contributed by atoms with van der Waals surface area (Å²) in [5.41, 5.74) is 6.50. The first-order chi connectivity index (χ1) is 8.78. The summed E-state index contributed by atoms with van der Waals surface area (Å²) >= 11 is 0. The predicted octanol–water partition coefficient (Wildman–Crippen LogP) is 1.18. The highest BCUT2D eigenvalue weighted by Gasteiger charge is 2.20. The van der Waals surface area contributed by atoms with Gasteiger partial charge in [-0.25, -0.2) is 0 Å². The number of aryl methyl sites for hydroxylation is 1. The number of rotatable bonds is 6. The Labute approximate surface area is 113 Å². The third-order valence-corrected chi connectivity index (χ3v) is 2.65. The van der Waals surface area contributed by atoms with Crippen LogP contribution in [0, 0.1) is 6.92 Å². The monoisotopic (exact) mass is 263 g/mol. The Morgan fingerprint density at radius 2 is 2.00 bits per heavy atom. The number of nitrogens with one attached hydrogen (secondary N) is 2. The molecule has 0 aromatic heterocycles. The molecular formula is C14H21N3O2. The normalized spacial score (nSPS) is 11.1. The number of hydrogen-bond acceptors (Lipinski definition) is 3. The predicted molar refractivity (Wildman–Crippen MR) is 75.7 cm³/mol. The first-order valence-corrected chi connectivity index (χ1v) is 6.18. The second-order valence-corrected chi connectivity index (χ2v) is 5.30. The molecule has 0 saturated carbocycles. The zero-order chi connectivity index (χ0) is 14.5. The fourth-order valence-electron chi connectivity index (χ4n) is 1.75. The van der Waals surface area contributed by atoms with Crippen LogP contribution in [0.2, 0.25) is 0 Å². The zero-order valence-corrected chi connectivity index (χ0v) is 11.6. The molecule has 0 aliphatic carbocycles. The molecule has 5 heteroatoms. The van der Waals surface area contributed by atoms with Gasteiger partial charge in [0, 0.05) is 17.6 Å². The number of carbonyl (C=O) groups is 2. The van der Waals surface area contributed by atoms with Crippen molar-refractivity contribution in [1.82, 2.24) is 5.32 Å². The first kappa shape index (κ1) is 15.2. The number of nitrogens with two attached hydrogens (primary N) is 1. The van der Waals surface area contributed by atoms with E-state index in [1.54, 1.807) is 0 Å². The quantitative estimate of drug-likeness (QED) is 0.720.